The summed E-state index contributed by atoms with van der Waals surface area (Å²) in [4.78, 5) is 0. The molecule has 1 aliphatic heterocycles. The minimum atomic E-state index is -0.0925. The van der Waals surface area contributed by atoms with Crippen molar-refractivity contribution in [2.75, 3.05) is 13.1 Å². The van der Waals surface area contributed by atoms with E-state index in [1.165, 1.54) is 37.7 Å². The van der Waals surface area contributed by atoms with Gasteiger partial charge in [-0.15, -0.1) is 0 Å². The van der Waals surface area contributed by atoms with Crippen LogP contribution in [0.4, 0.5) is 4.39 Å². The van der Waals surface area contributed by atoms with E-state index in [1.807, 2.05) is 6.07 Å². The lowest BCUT2D eigenvalue weighted by atomic mass is 9.53. The zero-order valence-electron chi connectivity index (χ0n) is 13.4. The highest BCUT2D eigenvalue weighted by atomic mass is 19.1. The molecule has 3 atom stereocenters. The van der Waals surface area contributed by atoms with Crippen LogP contribution in [0.25, 0.3) is 0 Å². The Bertz CT molecular complexity index is 478. The molecule has 2 heteroatoms. The Kier molecular flexibility index (Phi) is 4.35. The van der Waals surface area contributed by atoms with Crippen molar-refractivity contribution in [3.63, 3.8) is 0 Å². The Labute approximate surface area is 128 Å². The highest BCUT2D eigenvalue weighted by Crippen LogP contribution is 2.56. The molecule has 1 nitrogen and oxygen atoms in total. The van der Waals surface area contributed by atoms with Gasteiger partial charge in [0, 0.05) is 12.5 Å². The summed E-state index contributed by atoms with van der Waals surface area (Å²) < 4.78 is 13.7. The third-order valence-corrected chi connectivity index (χ3v) is 6.01. The summed E-state index contributed by atoms with van der Waals surface area (Å²) in [7, 11) is 0. The van der Waals surface area contributed by atoms with E-state index in [9.17, 15) is 4.39 Å². The first kappa shape index (κ1) is 15.0. The van der Waals surface area contributed by atoms with Crippen molar-refractivity contribution in [3.8, 4) is 0 Å². The minimum absolute atomic E-state index is 0.0925. The standard InChI is InChI=1S/C19H28FN/c1-14(2)17-8-3-4-9-19(17)10-11-21-13-18(19)15-6-5-7-16(20)12-15/h5-7,12,14,17-18,21H,3-4,8-11,13H2,1-2H3. The quantitative estimate of drug-likeness (QED) is 0.829. The van der Waals surface area contributed by atoms with Crippen molar-refractivity contribution in [2.24, 2.45) is 17.3 Å². The third-order valence-electron chi connectivity index (χ3n) is 6.01. The van der Waals surface area contributed by atoms with Crippen LogP contribution in [0.3, 0.4) is 0 Å². The van der Waals surface area contributed by atoms with E-state index >= 15 is 0 Å². The molecule has 3 unspecified atom stereocenters. The Morgan fingerprint density at radius 2 is 2.10 bits per heavy atom. The number of halogens is 1. The van der Waals surface area contributed by atoms with Crippen LogP contribution < -0.4 is 5.32 Å². The van der Waals surface area contributed by atoms with Crippen LogP contribution in [0.5, 0.6) is 0 Å². The average molecular weight is 289 g/mol. The van der Waals surface area contributed by atoms with Gasteiger partial charge in [0.1, 0.15) is 5.82 Å². The first-order valence-corrected chi connectivity index (χ1v) is 8.60. The lowest BCUT2D eigenvalue weighted by Gasteiger charge is -2.54. The second-order valence-electron chi connectivity index (χ2n) is 7.39. The van der Waals surface area contributed by atoms with Gasteiger partial charge in [-0.1, -0.05) is 38.8 Å². The molecule has 116 valence electrons. The molecule has 2 aliphatic rings. The lowest BCUT2D eigenvalue weighted by Crippen LogP contribution is -2.50. The van der Waals surface area contributed by atoms with Gasteiger partial charge in [-0.3, -0.25) is 0 Å². The molecule has 0 aromatic heterocycles. The Balaban J connectivity index is 1.99. The van der Waals surface area contributed by atoms with E-state index < -0.39 is 0 Å². The fourth-order valence-electron chi connectivity index (χ4n) is 5.15. The lowest BCUT2D eigenvalue weighted by molar-refractivity contribution is 0.00518. The number of hydrogen-bond donors (Lipinski definition) is 1. The molecule has 0 amide bonds. The monoisotopic (exact) mass is 289 g/mol. The summed E-state index contributed by atoms with van der Waals surface area (Å²) in [6.45, 7) is 6.88. The van der Waals surface area contributed by atoms with Crippen LogP contribution in [0.2, 0.25) is 0 Å². The van der Waals surface area contributed by atoms with Gasteiger partial charge in [0.05, 0.1) is 0 Å². The molecule has 1 heterocycles. The fourth-order valence-corrected chi connectivity index (χ4v) is 5.15. The van der Waals surface area contributed by atoms with Crippen molar-refractivity contribution in [3.05, 3.63) is 35.6 Å². The van der Waals surface area contributed by atoms with Crippen LogP contribution in [0, 0.1) is 23.1 Å². The first-order chi connectivity index (χ1) is 10.1. The maximum Gasteiger partial charge on any atom is 0.123 e. The Morgan fingerprint density at radius 1 is 1.24 bits per heavy atom. The Hall–Kier alpha value is -0.890. The molecule has 1 aromatic carbocycles. The predicted octanol–water partition coefficient (Wildman–Crippen LogP) is 4.74. The van der Waals surface area contributed by atoms with Gasteiger partial charge in [0.2, 0.25) is 0 Å². The SMILES string of the molecule is CC(C)C1CCCCC12CCNCC2c1cccc(F)c1. The normalized spacial score (nSPS) is 33.5. The smallest absolute Gasteiger partial charge is 0.123 e. The summed E-state index contributed by atoms with van der Waals surface area (Å²) in [5, 5.41) is 3.56. The topological polar surface area (TPSA) is 12.0 Å². The summed E-state index contributed by atoms with van der Waals surface area (Å²) in [6.07, 6.45) is 6.63. The van der Waals surface area contributed by atoms with Crippen molar-refractivity contribution >= 4 is 0 Å². The highest BCUT2D eigenvalue weighted by molar-refractivity contribution is 5.25. The van der Waals surface area contributed by atoms with Gasteiger partial charge in [0.15, 0.2) is 0 Å². The van der Waals surface area contributed by atoms with Gasteiger partial charge in [-0.2, -0.15) is 0 Å². The van der Waals surface area contributed by atoms with E-state index in [4.69, 9.17) is 0 Å². The summed E-state index contributed by atoms with van der Waals surface area (Å²) in [6, 6.07) is 7.34. The van der Waals surface area contributed by atoms with E-state index in [0.717, 1.165) is 24.9 Å². The minimum Gasteiger partial charge on any atom is -0.316 e. The molecular weight excluding hydrogens is 261 g/mol. The Morgan fingerprint density at radius 3 is 2.86 bits per heavy atom. The predicted molar refractivity (Wildman–Crippen MR) is 85.9 cm³/mol. The second-order valence-corrected chi connectivity index (χ2v) is 7.39. The van der Waals surface area contributed by atoms with Crippen LogP contribution in [0.15, 0.2) is 24.3 Å². The fraction of sp³-hybridized carbons (Fsp3) is 0.684. The number of nitrogens with one attached hydrogen (secondary N) is 1. The van der Waals surface area contributed by atoms with Crippen molar-refractivity contribution in [1.29, 1.82) is 0 Å². The molecule has 1 aliphatic carbocycles. The van der Waals surface area contributed by atoms with Gasteiger partial charge >= 0.3 is 0 Å². The molecule has 21 heavy (non-hydrogen) atoms. The van der Waals surface area contributed by atoms with Crippen LogP contribution >= 0.6 is 0 Å². The molecule has 1 aromatic rings. The molecule has 2 fully saturated rings. The zero-order chi connectivity index (χ0) is 14.9. The molecule has 0 radical (unpaired) electrons. The molecular formula is C19H28FN. The van der Waals surface area contributed by atoms with Crippen LogP contribution in [-0.2, 0) is 0 Å². The van der Waals surface area contributed by atoms with Gasteiger partial charge < -0.3 is 5.32 Å². The maximum absolute atomic E-state index is 13.7. The maximum atomic E-state index is 13.7. The molecule has 1 saturated heterocycles. The van der Waals surface area contributed by atoms with Crippen molar-refractivity contribution in [1.82, 2.24) is 5.32 Å². The summed E-state index contributed by atoms with van der Waals surface area (Å²) >= 11 is 0. The number of benzene rings is 1. The van der Waals surface area contributed by atoms with Crippen molar-refractivity contribution < 1.29 is 4.39 Å². The second kappa shape index (κ2) is 6.08. The third kappa shape index (κ3) is 2.75. The van der Waals surface area contributed by atoms with Crippen LogP contribution in [-0.4, -0.2) is 13.1 Å². The number of hydrogen-bond acceptors (Lipinski definition) is 1. The average Bonchev–Trinajstić information content (AvgIpc) is 2.48. The van der Waals surface area contributed by atoms with Gasteiger partial charge in [-0.25, -0.2) is 4.39 Å². The molecule has 1 saturated carbocycles. The van der Waals surface area contributed by atoms with Gasteiger partial charge in [0.25, 0.3) is 0 Å². The highest BCUT2D eigenvalue weighted by Gasteiger charge is 2.48. The van der Waals surface area contributed by atoms with Crippen LogP contribution in [0.1, 0.15) is 57.4 Å². The van der Waals surface area contributed by atoms with E-state index in [-0.39, 0.29) is 5.82 Å². The van der Waals surface area contributed by atoms with E-state index in [2.05, 4.69) is 25.2 Å². The number of rotatable bonds is 2. The summed E-state index contributed by atoms with van der Waals surface area (Å²) in [5.41, 5.74) is 1.58. The molecule has 1 N–H and O–H groups in total. The van der Waals surface area contributed by atoms with E-state index in [0.29, 0.717) is 11.3 Å². The number of piperidine rings is 1. The molecule has 0 bridgehead atoms. The summed E-state index contributed by atoms with van der Waals surface area (Å²) in [5.74, 6) is 1.88. The molecule has 1 spiro atoms. The largest absolute Gasteiger partial charge is 0.316 e. The zero-order valence-corrected chi connectivity index (χ0v) is 13.4. The van der Waals surface area contributed by atoms with Crippen molar-refractivity contribution in [2.45, 2.75) is 51.9 Å². The van der Waals surface area contributed by atoms with E-state index in [1.54, 1.807) is 12.1 Å². The first-order valence-electron chi connectivity index (χ1n) is 8.60. The van der Waals surface area contributed by atoms with Gasteiger partial charge in [-0.05, 0) is 60.8 Å². The molecule has 3 rings (SSSR count).